The summed E-state index contributed by atoms with van der Waals surface area (Å²) in [6.07, 6.45) is 0. The number of hydrogen-bond acceptors (Lipinski definition) is 5. The highest BCUT2D eigenvalue weighted by molar-refractivity contribution is 7.15. The molecule has 1 amide bonds. The van der Waals surface area contributed by atoms with Gasteiger partial charge in [0.1, 0.15) is 5.69 Å². The molecule has 0 fully saturated rings. The van der Waals surface area contributed by atoms with Crippen LogP contribution in [0.15, 0.2) is 18.2 Å². The van der Waals surface area contributed by atoms with Crippen molar-refractivity contribution < 1.29 is 4.79 Å². The second-order valence-electron chi connectivity index (χ2n) is 4.39. The summed E-state index contributed by atoms with van der Waals surface area (Å²) in [5, 5.41) is 0. The van der Waals surface area contributed by atoms with Crippen molar-refractivity contribution in [2.75, 3.05) is 18.0 Å². The summed E-state index contributed by atoms with van der Waals surface area (Å²) in [5.41, 5.74) is 6.37. The van der Waals surface area contributed by atoms with Crippen molar-refractivity contribution in [3.63, 3.8) is 0 Å². The van der Waals surface area contributed by atoms with Crippen LogP contribution in [0.4, 0.5) is 5.95 Å². The van der Waals surface area contributed by atoms with E-state index in [0.29, 0.717) is 5.95 Å². The summed E-state index contributed by atoms with van der Waals surface area (Å²) >= 11 is 1.64. The minimum absolute atomic E-state index is 0.253. The minimum Gasteiger partial charge on any atom is -0.364 e. The Morgan fingerprint density at radius 1 is 1.30 bits per heavy atom. The van der Waals surface area contributed by atoms with Gasteiger partial charge in [-0.3, -0.25) is 4.79 Å². The number of primary amides is 1. The van der Waals surface area contributed by atoms with Crippen LogP contribution in [0.25, 0.3) is 10.6 Å². The average Bonchev–Trinajstić information content (AvgIpc) is 2.86. The topological polar surface area (TPSA) is 72.1 Å². The number of nitrogens with zero attached hydrogens (tertiary/aromatic N) is 3. The molecule has 2 N–H and O–H groups in total. The highest BCUT2D eigenvalue weighted by Crippen LogP contribution is 2.27. The summed E-state index contributed by atoms with van der Waals surface area (Å²) in [7, 11) is 0. The van der Waals surface area contributed by atoms with Gasteiger partial charge in [0, 0.05) is 18.0 Å². The molecule has 6 heteroatoms. The Morgan fingerprint density at radius 3 is 2.50 bits per heavy atom. The Hall–Kier alpha value is -1.95. The molecule has 2 rings (SSSR count). The number of anilines is 1. The molecule has 5 nitrogen and oxygen atoms in total. The van der Waals surface area contributed by atoms with E-state index >= 15 is 0 Å². The fourth-order valence-electron chi connectivity index (χ4n) is 1.91. The number of nitrogens with two attached hydrogens (primary N) is 1. The van der Waals surface area contributed by atoms with Crippen LogP contribution < -0.4 is 10.6 Å². The fraction of sp³-hybridized carbons (Fsp3) is 0.357. The maximum absolute atomic E-state index is 11.5. The number of aromatic nitrogens is 2. The van der Waals surface area contributed by atoms with Gasteiger partial charge in [0.2, 0.25) is 5.95 Å². The Balaban J connectivity index is 2.54. The number of aryl methyl sites for hydroxylation is 1. The zero-order chi connectivity index (χ0) is 14.7. The van der Waals surface area contributed by atoms with Gasteiger partial charge in [0.25, 0.3) is 5.91 Å². The summed E-state index contributed by atoms with van der Waals surface area (Å²) in [6, 6.07) is 5.68. The molecule has 0 aromatic carbocycles. The number of rotatable bonds is 5. The molecule has 0 spiro atoms. The normalized spacial score (nSPS) is 10.6. The summed E-state index contributed by atoms with van der Waals surface area (Å²) in [6.45, 7) is 7.65. The highest BCUT2D eigenvalue weighted by Gasteiger charge is 2.14. The van der Waals surface area contributed by atoms with Crippen molar-refractivity contribution in [1.82, 2.24) is 9.97 Å². The van der Waals surface area contributed by atoms with E-state index in [4.69, 9.17) is 5.73 Å². The lowest BCUT2D eigenvalue weighted by atomic mass is 10.2. The molecule has 0 unspecified atom stereocenters. The van der Waals surface area contributed by atoms with E-state index in [1.54, 1.807) is 17.4 Å². The van der Waals surface area contributed by atoms with Crippen LogP contribution in [-0.4, -0.2) is 29.0 Å². The van der Waals surface area contributed by atoms with Gasteiger partial charge in [-0.1, -0.05) is 0 Å². The number of carbonyl (C=O) groups excluding carboxylic acids is 1. The molecule has 2 heterocycles. The van der Waals surface area contributed by atoms with Gasteiger partial charge in [-0.15, -0.1) is 11.3 Å². The second-order valence-corrected chi connectivity index (χ2v) is 5.67. The van der Waals surface area contributed by atoms with E-state index in [2.05, 4.69) is 9.97 Å². The third kappa shape index (κ3) is 2.96. The Labute approximate surface area is 122 Å². The molecule has 0 aliphatic rings. The molecule has 0 saturated carbocycles. The number of amides is 1. The van der Waals surface area contributed by atoms with Gasteiger partial charge >= 0.3 is 0 Å². The lowest BCUT2D eigenvalue weighted by molar-refractivity contribution is 0.0995. The van der Waals surface area contributed by atoms with Gasteiger partial charge in [-0.05, 0) is 39.0 Å². The molecule has 0 aliphatic carbocycles. The van der Waals surface area contributed by atoms with Crippen LogP contribution >= 0.6 is 11.3 Å². The molecule has 2 aromatic rings. The lowest BCUT2D eigenvalue weighted by Gasteiger charge is -2.19. The molecule has 0 radical (unpaired) electrons. The first-order valence-electron chi connectivity index (χ1n) is 6.55. The lowest BCUT2D eigenvalue weighted by Crippen LogP contribution is -2.26. The van der Waals surface area contributed by atoms with E-state index in [9.17, 15) is 4.79 Å². The molecule has 0 aliphatic heterocycles. The molecule has 0 atom stereocenters. The van der Waals surface area contributed by atoms with E-state index in [1.807, 2.05) is 37.8 Å². The van der Waals surface area contributed by atoms with Crippen LogP contribution in [0.3, 0.4) is 0 Å². The third-order valence-electron chi connectivity index (χ3n) is 3.01. The monoisotopic (exact) mass is 290 g/mol. The van der Waals surface area contributed by atoms with Gasteiger partial charge in [0.05, 0.1) is 10.6 Å². The van der Waals surface area contributed by atoms with Crippen molar-refractivity contribution in [2.24, 2.45) is 5.73 Å². The van der Waals surface area contributed by atoms with E-state index in [1.165, 1.54) is 4.88 Å². The zero-order valence-corrected chi connectivity index (χ0v) is 12.7. The van der Waals surface area contributed by atoms with Gasteiger partial charge < -0.3 is 10.6 Å². The molecule has 0 bridgehead atoms. The van der Waals surface area contributed by atoms with E-state index < -0.39 is 5.91 Å². The van der Waals surface area contributed by atoms with Crippen molar-refractivity contribution in [3.8, 4) is 10.6 Å². The molecule has 20 heavy (non-hydrogen) atoms. The molecule has 2 aromatic heterocycles. The maximum Gasteiger partial charge on any atom is 0.267 e. The number of hydrogen-bond donors (Lipinski definition) is 1. The zero-order valence-electron chi connectivity index (χ0n) is 11.9. The predicted octanol–water partition coefficient (Wildman–Crippen LogP) is 2.46. The SMILES string of the molecule is CCN(CC)c1nc(C(N)=O)cc(-c2ccc(C)s2)n1. The van der Waals surface area contributed by atoms with Crippen molar-refractivity contribution in [3.05, 3.63) is 28.8 Å². The van der Waals surface area contributed by atoms with E-state index in [-0.39, 0.29) is 5.69 Å². The Kier molecular flexibility index (Phi) is 4.34. The summed E-state index contributed by atoms with van der Waals surface area (Å²) in [4.78, 5) is 24.5. The van der Waals surface area contributed by atoms with Crippen molar-refractivity contribution >= 4 is 23.2 Å². The highest BCUT2D eigenvalue weighted by atomic mass is 32.1. The third-order valence-corrected chi connectivity index (χ3v) is 4.03. The van der Waals surface area contributed by atoms with Gasteiger partial charge in [0.15, 0.2) is 0 Å². The summed E-state index contributed by atoms with van der Waals surface area (Å²) < 4.78 is 0. The van der Waals surface area contributed by atoms with Crippen LogP contribution in [0.1, 0.15) is 29.2 Å². The Morgan fingerprint density at radius 2 is 2.00 bits per heavy atom. The second kappa shape index (κ2) is 6.00. The fourth-order valence-corrected chi connectivity index (χ4v) is 2.74. The number of carbonyl (C=O) groups is 1. The molecule has 106 valence electrons. The molecular formula is C14H18N4OS. The van der Waals surface area contributed by atoms with Crippen LogP contribution in [0, 0.1) is 6.92 Å². The molecular weight excluding hydrogens is 272 g/mol. The van der Waals surface area contributed by atoms with Crippen molar-refractivity contribution in [1.29, 1.82) is 0 Å². The first kappa shape index (κ1) is 14.5. The van der Waals surface area contributed by atoms with Crippen molar-refractivity contribution in [2.45, 2.75) is 20.8 Å². The Bertz CT molecular complexity index is 619. The predicted molar refractivity (Wildman–Crippen MR) is 82.2 cm³/mol. The van der Waals surface area contributed by atoms with Gasteiger partial charge in [-0.2, -0.15) is 0 Å². The summed E-state index contributed by atoms with van der Waals surface area (Å²) in [5.74, 6) is 0.0164. The standard InChI is InChI=1S/C14H18N4OS/c1-4-18(5-2)14-16-10(8-11(17-14)13(15)19)12-7-6-9(3)20-12/h6-8H,4-5H2,1-3H3,(H2,15,19). The van der Waals surface area contributed by atoms with Crippen LogP contribution in [0.5, 0.6) is 0 Å². The smallest absolute Gasteiger partial charge is 0.267 e. The quantitative estimate of drug-likeness (QED) is 0.918. The number of thiophene rings is 1. The van der Waals surface area contributed by atoms with Crippen LogP contribution in [-0.2, 0) is 0 Å². The maximum atomic E-state index is 11.5. The van der Waals surface area contributed by atoms with Crippen LogP contribution in [0.2, 0.25) is 0 Å². The first-order chi connectivity index (χ1) is 9.55. The first-order valence-corrected chi connectivity index (χ1v) is 7.37. The van der Waals surface area contributed by atoms with Gasteiger partial charge in [-0.25, -0.2) is 9.97 Å². The minimum atomic E-state index is -0.532. The molecule has 0 saturated heterocycles. The largest absolute Gasteiger partial charge is 0.364 e. The van der Waals surface area contributed by atoms with E-state index in [0.717, 1.165) is 23.7 Å². The average molecular weight is 290 g/mol.